The second kappa shape index (κ2) is 13.1. The lowest BCUT2D eigenvalue weighted by Gasteiger charge is -2.36. The minimum Gasteiger partial charge on any atom is -0.312 e. The van der Waals surface area contributed by atoms with Crippen molar-refractivity contribution in [3.8, 4) is 22.3 Å². The van der Waals surface area contributed by atoms with Crippen LogP contribution in [0.5, 0.6) is 0 Å². The Morgan fingerprint density at radius 3 is 1.82 bits per heavy atom. The van der Waals surface area contributed by atoms with Crippen LogP contribution in [0.25, 0.3) is 54.9 Å². The summed E-state index contributed by atoms with van der Waals surface area (Å²) in [5.41, 5.74) is 13.5. The normalized spacial score (nSPS) is 15.2. The molecule has 11 rings (SSSR count). The molecule has 0 radical (unpaired) electrons. The standard InChI is InChI=1S/C54H39NS/c1-36-27-32-47-48-33-39-17-8-9-18-40(39)34-51(48)56-53(47)52(36)55(43-30-28-38(29-31-43)37-15-4-2-5-16-37)44-22-14-21-42(35-44)54(41-19-6-3-7-20-41)49-25-12-10-23-45(49)46-24-11-13-26-50(46)54/h2-26,28-36H,27H2,1H3. The highest BCUT2D eigenvalue weighted by Gasteiger charge is 2.46. The molecular formula is C54H39NS. The van der Waals surface area contributed by atoms with Gasteiger partial charge in [0.15, 0.2) is 0 Å². The Balaban J connectivity index is 1.19. The van der Waals surface area contributed by atoms with E-state index >= 15 is 0 Å². The summed E-state index contributed by atoms with van der Waals surface area (Å²) in [6, 6.07) is 72.1. The van der Waals surface area contributed by atoms with Crippen LogP contribution >= 0.6 is 11.3 Å². The highest BCUT2D eigenvalue weighted by atomic mass is 32.1. The molecule has 0 N–H and O–H groups in total. The van der Waals surface area contributed by atoms with E-state index in [0.29, 0.717) is 5.92 Å². The maximum atomic E-state index is 2.58. The Morgan fingerprint density at radius 2 is 1.11 bits per heavy atom. The summed E-state index contributed by atoms with van der Waals surface area (Å²) in [7, 11) is 0. The van der Waals surface area contributed by atoms with Gasteiger partial charge in [0.1, 0.15) is 0 Å². The molecule has 1 aromatic heterocycles. The molecule has 0 aliphatic heterocycles. The van der Waals surface area contributed by atoms with E-state index in [-0.39, 0.29) is 0 Å². The number of nitrogens with zero attached hydrogens (tertiary/aromatic N) is 1. The van der Waals surface area contributed by atoms with Crippen molar-refractivity contribution in [2.24, 2.45) is 5.92 Å². The van der Waals surface area contributed by atoms with Crippen molar-refractivity contribution < 1.29 is 0 Å². The van der Waals surface area contributed by atoms with Crippen molar-refractivity contribution in [1.29, 1.82) is 0 Å². The van der Waals surface area contributed by atoms with Crippen LogP contribution in [-0.4, -0.2) is 0 Å². The molecule has 56 heavy (non-hydrogen) atoms. The molecule has 0 fully saturated rings. The van der Waals surface area contributed by atoms with Gasteiger partial charge in [-0.05, 0) is 103 Å². The number of benzene rings is 8. The van der Waals surface area contributed by atoms with E-state index in [4.69, 9.17) is 0 Å². The molecule has 0 spiro atoms. The first-order chi connectivity index (χ1) is 27.7. The number of thiophene rings is 1. The quantitative estimate of drug-likeness (QED) is 0.164. The number of rotatable bonds is 6. The van der Waals surface area contributed by atoms with Gasteiger partial charge in [0.25, 0.3) is 0 Å². The Hall–Kier alpha value is -6.48. The second-order valence-electron chi connectivity index (χ2n) is 15.3. The van der Waals surface area contributed by atoms with Crippen molar-refractivity contribution >= 4 is 55.3 Å². The van der Waals surface area contributed by atoms with Gasteiger partial charge in [0.2, 0.25) is 0 Å². The summed E-state index contributed by atoms with van der Waals surface area (Å²) in [5.74, 6) is 0.304. The van der Waals surface area contributed by atoms with Crippen molar-refractivity contribution in [1.82, 2.24) is 0 Å². The van der Waals surface area contributed by atoms with Crippen LogP contribution in [-0.2, 0) is 5.41 Å². The van der Waals surface area contributed by atoms with Crippen molar-refractivity contribution in [2.45, 2.75) is 18.8 Å². The highest BCUT2D eigenvalue weighted by molar-refractivity contribution is 7.17. The molecule has 1 heterocycles. The van der Waals surface area contributed by atoms with Crippen LogP contribution in [0.2, 0.25) is 0 Å². The molecule has 2 heteroatoms. The Kier molecular flexibility index (Phi) is 7.69. The molecule has 8 aromatic carbocycles. The molecule has 2 aliphatic carbocycles. The average molecular weight is 734 g/mol. The third-order valence-corrected chi connectivity index (χ3v) is 13.3. The lowest BCUT2D eigenvalue weighted by atomic mass is 9.67. The fraction of sp³-hybridized carbons (Fsp3) is 0.0741. The maximum Gasteiger partial charge on any atom is 0.0714 e. The van der Waals surface area contributed by atoms with Gasteiger partial charge in [-0.2, -0.15) is 0 Å². The van der Waals surface area contributed by atoms with E-state index in [1.807, 2.05) is 11.3 Å². The van der Waals surface area contributed by atoms with E-state index in [2.05, 4.69) is 212 Å². The smallest absolute Gasteiger partial charge is 0.0714 e. The zero-order chi connectivity index (χ0) is 37.2. The first-order valence-electron chi connectivity index (χ1n) is 19.7. The van der Waals surface area contributed by atoms with Gasteiger partial charge < -0.3 is 4.90 Å². The lowest BCUT2D eigenvalue weighted by Crippen LogP contribution is -2.35. The number of hydrogen-bond acceptors (Lipinski definition) is 2. The summed E-state index contributed by atoms with van der Waals surface area (Å²) in [4.78, 5) is 2.58. The van der Waals surface area contributed by atoms with Gasteiger partial charge in [-0.25, -0.2) is 0 Å². The number of anilines is 2. The minimum atomic E-state index is -0.479. The van der Waals surface area contributed by atoms with E-state index in [1.54, 1.807) is 0 Å². The van der Waals surface area contributed by atoms with E-state index < -0.39 is 5.41 Å². The van der Waals surface area contributed by atoms with Crippen LogP contribution in [0.1, 0.15) is 35.6 Å². The van der Waals surface area contributed by atoms with Gasteiger partial charge in [-0.1, -0.05) is 171 Å². The Bertz CT molecular complexity index is 3020. The molecule has 266 valence electrons. The van der Waals surface area contributed by atoms with Crippen molar-refractivity contribution in [3.05, 3.63) is 226 Å². The minimum absolute atomic E-state index is 0.304. The predicted molar refractivity (Wildman–Crippen MR) is 238 cm³/mol. The van der Waals surface area contributed by atoms with E-state index in [1.165, 1.54) is 92.2 Å². The summed E-state index contributed by atoms with van der Waals surface area (Å²) >= 11 is 1.94. The second-order valence-corrected chi connectivity index (χ2v) is 16.3. The van der Waals surface area contributed by atoms with Crippen LogP contribution in [0.3, 0.4) is 0 Å². The highest BCUT2D eigenvalue weighted by Crippen LogP contribution is 2.56. The van der Waals surface area contributed by atoms with Gasteiger partial charge in [-0.3, -0.25) is 0 Å². The van der Waals surface area contributed by atoms with Crippen molar-refractivity contribution in [3.63, 3.8) is 0 Å². The van der Waals surface area contributed by atoms with Crippen LogP contribution < -0.4 is 14.7 Å². The molecule has 9 aromatic rings. The average Bonchev–Trinajstić information content (AvgIpc) is 3.78. The molecule has 2 aliphatic rings. The molecule has 0 amide bonds. The molecule has 1 atom stereocenters. The fourth-order valence-electron chi connectivity index (χ4n) is 9.60. The SMILES string of the molecule is CC1CC=c2c(sc3cc4ccccc4cc23)=C1N(c1ccc(-c2ccccc2)cc1)c1cccc(C2(c3ccccc3)c3ccccc3-c3ccccc32)c1. The first-order valence-corrected chi connectivity index (χ1v) is 20.5. The first kappa shape index (κ1) is 32.9. The third kappa shape index (κ3) is 4.99. The molecule has 0 saturated carbocycles. The number of fused-ring (bicyclic) bond motifs is 7. The van der Waals surface area contributed by atoms with E-state index in [9.17, 15) is 0 Å². The number of hydrogen-bond donors (Lipinski definition) is 0. The zero-order valence-corrected chi connectivity index (χ0v) is 32.0. The largest absolute Gasteiger partial charge is 0.312 e. The van der Waals surface area contributed by atoms with Gasteiger partial charge in [0.05, 0.1) is 9.95 Å². The topological polar surface area (TPSA) is 3.24 Å². The van der Waals surface area contributed by atoms with Crippen LogP contribution in [0.15, 0.2) is 194 Å². The van der Waals surface area contributed by atoms with Gasteiger partial charge in [0, 0.05) is 33.1 Å². The predicted octanol–water partition coefficient (Wildman–Crippen LogP) is 12.9. The summed E-state index contributed by atoms with van der Waals surface area (Å²) in [6.07, 6.45) is 3.47. The molecule has 1 nitrogen and oxygen atoms in total. The Morgan fingerprint density at radius 1 is 0.518 bits per heavy atom. The van der Waals surface area contributed by atoms with Gasteiger partial charge >= 0.3 is 0 Å². The van der Waals surface area contributed by atoms with Crippen LogP contribution in [0, 0.1) is 5.92 Å². The summed E-state index contributed by atoms with van der Waals surface area (Å²) in [6.45, 7) is 2.40. The monoisotopic (exact) mass is 733 g/mol. The maximum absolute atomic E-state index is 2.58. The third-order valence-electron chi connectivity index (χ3n) is 12.1. The molecule has 1 unspecified atom stereocenters. The molecule has 0 bridgehead atoms. The fourth-order valence-corrected chi connectivity index (χ4v) is 11.0. The lowest BCUT2D eigenvalue weighted by molar-refractivity contribution is 0.754. The molecule has 0 saturated heterocycles. The van der Waals surface area contributed by atoms with Gasteiger partial charge in [-0.15, -0.1) is 11.3 Å². The summed E-state index contributed by atoms with van der Waals surface area (Å²) < 4.78 is 2.70. The molecular weight excluding hydrogens is 695 g/mol. The van der Waals surface area contributed by atoms with E-state index in [0.717, 1.165) is 6.42 Å². The van der Waals surface area contributed by atoms with Crippen LogP contribution in [0.4, 0.5) is 11.4 Å². The zero-order valence-electron chi connectivity index (χ0n) is 31.2. The summed E-state index contributed by atoms with van der Waals surface area (Å²) in [5, 5.41) is 5.30. The Labute approximate surface area is 331 Å². The van der Waals surface area contributed by atoms with Crippen molar-refractivity contribution in [2.75, 3.05) is 4.90 Å².